The van der Waals surface area contributed by atoms with Crippen LogP contribution in [0.15, 0.2) is 47.4 Å². The molecule has 1 saturated heterocycles. The lowest BCUT2D eigenvalue weighted by molar-refractivity contribution is -0.145. The van der Waals surface area contributed by atoms with Crippen LogP contribution in [0.2, 0.25) is 0 Å². The number of carbonyl (C=O) groups is 3. The second-order valence-electron chi connectivity index (χ2n) is 5.20. The minimum atomic E-state index is -1.22. The van der Waals surface area contributed by atoms with Gasteiger partial charge in [0.2, 0.25) is 5.91 Å². The fourth-order valence-electron chi connectivity index (χ4n) is 2.22. The van der Waals surface area contributed by atoms with Crippen molar-refractivity contribution in [3.05, 3.63) is 53.0 Å². The fourth-order valence-corrected chi connectivity index (χ4v) is 3.52. The minimum Gasteiger partial charge on any atom is -0.480 e. The number of benzene rings is 1. The summed E-state index contributed by atoms with van der Waals surface area (Å²) in [6.07, 6.45) is 4.92. The van der Waals surface area contributed by atoms with Gasteiger partial charge in [0.1, 0.15) is 10.4 Å². The molecule has 130 valence electrons. The first-order valence-corrected chi connectivity index (χ1v) is 8.62. The topological polar surface area (TPSA) is 101 Å². The minimum absolute atomic E-state index is 0.0791. The van der Waals surface area contributed by atoms with Crippen molar-refractivity contribution in [3.63, 3.8) is 0 Å². The molecule has 25 heavy (non-hydrogen) atoms. The lowest BCUT2D eigenvalue weighted by atomic mass is 10.1. The maximum atomic E-state index is 12.5. The number of carboxylic acids is 1. The second kappa shape index (κ2) is 8.59. The van der Waals surface area contributed by atoms with E-state index in [0.29, 0.717) is 4.91 Å². The van der Waals surface area contributed by atoms with E-state index in [4.69, 9.17) is 18.0 Å². The van der Waals surface area contributed by atoms with Gasteiger partial charge in [-0.15, -0.1) is 0 Å². The van der Waals surface area contributed by atoms with E-state index in [2.05, 4.69) is 0 Å². The number of amides is 2. The average molecular weight is 376 g/mol. The molecule has 1 atom stereocenters. The Hall–Kier alpha value is -2.45. The van der Waals surface area contributed by atoms with Gasteiger partial charge in [-0.25, -0.2) is 4.79 Å². The molecule has 0 aromatic heterocycles. The maximum Gasteiger partial charge on any atom is 0.326 e. The number of rotatable bonds is 7. The molecule has 1 aliphatic rings. The number of hydrogen-bond acceptors (Lipinski definition) is 5. The number of hydrogen-bond donors (Lipinski definition) is 2. The van der Waals surface area contributed by atoms with Crippen molar-refractivity contribution in [1.82, 2.24) is 4.90 Å². The van der Waals surface area contributed by atoms with Gasteiger partial charge in [0.15, 0.2) is 0 Å². The molecule has 0 spiro atoms. The van der Waals surface area contributed by atoms with E-state index in [9.17, 15) is 19.5 Å². The van der Waals surface area contributed by atoms with Gasteiger partial charge in [0, 0.05) is 6.42 Å². The fraction of sp³-hybridized carbons (Fsp3) is 0.176. The number of thiocarbonyl (C=S) groups is 1. The van der Waals surface area contributed by atoms with Crippen LogP contribution in [0.4, 0.5) is 0 Å². The van der Waals surface area contributed by atoms with E-state index in [1.807, 2.05) is 36.4 Å². The predicted molar refractivity (Wildman–Crippen MR) is 100 cm³/mol. The molecule has 2 amide bonds. The highest BCUT2D eigenvalue weighted by Gasteiger charge is 2.40. The van der Waals surface area contributed by atoms with Crippen LogP contribution in [0.25, 0.3) is 6.08 Å². The number of nitrogens with two attached hydrogens (primary N) is 1. The Balaban J connectivity index is 2.14. The van der Waals surface area contributed by atoms with Gasteiger partial charge in [-0.2, -0.15) is 0 Å². The van der Waals surface area contributed by atoms with Crippen LogP contribution >= 0.6 is 24.0 Å². The van der Waals surface area contributed by atoms with Crippen molar-refractivity contribution in [1.29, 1.82) is 0 Å². The van der Waals surface area contributed by atoms with Crippen LogP contribution in [0.1, 0.15) is 18.4 Å². The molecule has 0 aliphatic carbocycles. The summed E-state index contributed by atoms with van der Waals surface area (Å²) in [5, 5.41) is 9.34. The Morgan fingerprint density at radius 1 is 1.32 bits per heavy atom. The zero-order valence-electron chi connectivity index (χ0n) is 13.1. The Bertz CT molecular complexity index is 759. The third-order valence-corrected chi connectivity index (χ3v) is 4.77. The highest BCUT2D eigenvalue weighted by molar-refractivity contribution is 8.26. The van der Waals surface area contributed by atoms with Crippen LogP contribution < -0.4 is 5.73 Å². The lowest BCUT2D eigenvalue weighted by Gasteiger charge is -2.22. The van der Waals surface area contributed by atoms with Crippen LogP contribution in [0, 0.1) is 0 Å². The summed E-state index contributed by atoms with van der Waals surface area (Å²) in [4.78, 5) is 36.2. The quantitative estimate of drug-likeness (QED) is 0.559. The largest absolute Gasteiger partial charge is 0.480 e. The standard InChI is InChI=1S/C17H16N2O4S2/c18-14(20)10-9-12(16(22)23)19-15(21)13(25-17(19)24)8-4-7-11-5-2-1-3-6-11/h1-8,12H,9-10H2,(H2,18,20)(H,22,23)/b7-4+,13-8-. The average Bonchev–Trinajstić information content (AvgIpc) is 2.83. The summed E-state index contributed by atoms with van der Waals surface area (Å²) >= 11 is 6.17. The van der Waals surface area contributed by atoms with Crippen LogP contribution in [-0.2, 0) is 14.4 Å². The number of primary amides is 1. The summed E-state index contributed by atoms with van der Waals surface area (Å²) in [6.45, 7) is 0. The first-order valence-electron chi connectivity index (χ1n) is 7.40. The molecule has 1 aliphatic heterocycles. The number of carboxylic acid groups (broad SMARTS) is 1. The molecule has 1 heterocycles. The molecule has 0 bridgehead atoms. The molecule has 1 aromatic carbocycles. The van der Waals surface area contributed by atoms with Crippen molar-refractivity contribution < 1.29 is 19.5 Å². The molecule has 0 radical (unpaired) electrons. The number of carbonyl (C=O) groups excluding carboxylic acids is 2. The van der Waals surface area contributed by atoms with E-state index in [1.54, 1.807) is 12.2 Å². The van der Waals surface area contributed by atoms with Crippen LogP contribution in [-0.4, -0.2) is 38.2 Å². The van der Waals surface area contributed by atoms with E-state index in [-0.39, 0.29) is 17.2 Å². The predicted octanol–water partition coefficient (Wildman–Crippen LogP) is 2.16. The Morgan fingerprint density at radius 2 is 2.00 bits per heavy atom. The molecule has 6 nitrogen and oxygen atoms in total. The van der Waals surface area contributed by atoms with Gasteiger partial charge in [-0.1, -0.05) is 66.5 Å². The zero-order chi connectivity index (χ0) is 18.4. The molecule has 0 saturated carbocycles. The Kier molecular flexibility index (Phi) is 6.49. The second-order valence-corrected chi connectivity index (χ2v) is 6.88. The molecule has 2 rings (SSSR count). The Labute approximate surface area is 154 Å². The molecular weight excluding hydrogens is 360 g/mol. The summed E-state index contributed by atoms with van der Waals surface area (Å²) in [5.41, 5.74) is 6.03. The summed E-state index contributed by atoms with van der Waals surface area (Å²) in [7, 11) is 0. The van der Waals surface area contributed by atoms with Gasteiger partial charge in [-0.3, -0.25) is 14.5 Å². The third-order valence-electron chi connectivity index (χ3n) is 3.42. The van der Waals surface area contributed by atoms with Crippen LogP contribution in [0.3, 0.4) is 0 Å². The van der Waals surface area contributed by atoms with Crippen molar-refractivity contribution >= 4 is 52.2 Å². The maximum absolute atomic E-state index is 12.5. The van der Waals surface area contributed by atoms with E-state index in [1.165, 1.54) is 0 Å². The van der Waals surface area contributed by atoms with Gasteiger partial charge < -0.3 is 10.8 Å². The number of thioether (sulfide) groups is 1. The molecular formula is C17H16N2O4S2. The molecule has 1 fully saturated rings. The van der Waals surface area contributed by atoms with E-state index >= 15 is 0 Å². The lowest BCUT2D eigenvalue weighted by Crippen LogP contribution is -2.44. The number of aliphatic carboxylic acids is 1. The van der Waals surface area contributed by atoms with E-state index < -0.39 is 23.8 Å². The zero-order valence-corrected chi connectivity index (χ0v) is 14.8. The number of nitrogens with zero attached hydrogens (tertiary/aromatic N) is 1. The summed E-state index contributed by atoms with van der Waals surface area (Å²) < 4.78 is 0.154. The summed E-state index contributed by atoms with van der Waals surface area (Å²) in [5.74, 6) is -2.33. The highest BCUT2D eigenvalue weighted by atomic mass is 32.2. The van der Waals surface area contributed by atoms with Gasteiger partial charge in [-0.05, 0) is 18.1 Å². The SMILES string of the molecule is NC(=O)CCC(C(=O)O)N1C(=O)/C(=C/C=C/c2ccccc2)SC1=S. The molecule has 1 unspecified atom stereocenters. The number of allylic oxidation sites excluding steroid dienone is 2. The van der Waals surface area contributed by atoms with Gasteiger partial charge in [0.25, 0.3) is 5.91 Å². The van der Waals surface area contributed by atoms with Gasteiger partial charge in [0.05, 0.1) is 4.91 Å². The van der Waals surface area contributed by atoms with Crippen molar-refractivity contribution in [2.75, 3.05) is 0 Å². The van der Waals surface area contributed by atoms with Crippen molar-refractivity contribution in [2.24, 2.45) is 5.73 Å². The van der Waals surface area contributed by atoms with Crippen molar-refractivity contribution in [2.45, 2.75) is 18.9 Å². The first kappa shape index (κ1) is 18.9. The monoisotopic (exact) mass is 376 g/mol. The first-order chi connectivity index (χ1) is 11.9. The Morgan fingerprint density at radius 3 is 2.60 bits per heavy atom. The molecule has 3 N–H and O–H groups in total. The molecule has 1 aromatic rings. The summed E-state index contributed by atoms with van der Waals surface area (Å²) in [6, 6.07) is 8.33. The van der Waals surface area contributed by atoms with E-state index in [0.717, 1.165) is 22.2 Å². The highest BCUT2D eigenvalue weighted by Crippen LogP contribution is 2.33. The smallest absolute Gasteiger partial charge is 0.326 e. The normalized spacial score (nSPS) is 17.4. The van der Waals surface area contributed by atoms with Crippen LogP contribution in [0.5, 0.6) is 0 Å². The van der Waals surface area contributed by atoms with Crippen molar-refractivity contribution in [3.8, 4) is 0 Å². The third kappa shape index (κ3) is 5.01. The molecule has 8 heteroatoms. The van der Waals surface area contributed by atoms with Gasteiger partial charge >= 0.3 is 5.97 Å².